The highest BCUT2D eigenvalue weighted by atomic mass is 32.2. The summed E-state index contributed by atoms with van der Waals surface area (Å²) < 4.78 is 28.4. The van der Waals surface area contributed by atoms with E-state index in [0.29, 0.717) is 5.69 Å². The van der Waals surface area contributed by atoms with Gasteiger partial charge in [0.05, 0.1) is 5.69 Å². The highest BCUT2D eigenvalue weighted by molar-refractivity contribution is 7.92. The number of rotatable bonds is 4. The van der Waals surface area contributed by atoms with Crippen LogP contribution in [0.15, 0.2) is 35.4 Å². The van der Waals surface area contributed by atoms with Crippen LogP contribution >= 0.6 is 0 Å². The lowest BCUT2D eigenvalue weighted by molar-refractivity contribution is 0.0686. The molecule has 0 saturated heterocycles. The van der Waals surface area contributed by atoms with Gasteiger partial charge in [-0.25, -0.2) is 13.2 Å². The number of nitrogens with one attached hydrogen (secondary N) is 1. The van der Waals surface area contributed by atoms with Crippen molar-refractivity contribution in [3.05, 3.63) is 47.3 Å². The number of carboxylic acids is 1. The molecular weight excluding hydrogens is 292 g/mol. The van der Waals surface area contributed by atoms with Gasteiger partial charge in [0, 0.05) is 13.2 Å². The van der Waals surface area contributed by atoms with Crippen molar-refractivity contribution in [3.8, 4) is 0 Å². The Morgan fingerprint density at radius 1 is 1.24 bits per heavy atom. The maximum absolute atomic E-state index is 12.3. The summed E-state index contributed by atoms with van der Waals surface area (Å²) in [5, 5.41) is 8.97. The number of sulfonamides is 1. The molecule has 0 bridgehead atoms. The van der Waals surface area contributed by atoms with Gasteiger partial charge in [0.1, 0.15) is 10.6 Å². The van der Waals surface area contributed by atoms with Crippen LogP contribution in [0.25, 0.3) is 0 Å². The Balaban J connectivity index is 2.38. The van der Waals surface area contributed by atoms with E-state index in [0.717, 1.165) is 17.2 Å². The number of benzene rings is 1. The third kappa shape index (κ3) is 3.08. The van der Waals surface area contributed by atoms with E-state index >= 15 is 0 Å². The van der Waals surface area contributed by atoms with Crippen molar-refractivity contribution in [2.45, 2.75) is 18.7 Å². The second-order valence-corrected chi connectivity index (χ2v) is 6.58. The van der Waals surface area contributed by atoms with Crippen LogP contribution in [0.5, 0.6) is 0 Å². The second kappa shape index (κ2) is 5.25. The van der Waals surface area contributed by atoms with E-state index in [1.165, 1.54) is 17.8 Å². The average molecular weight is 308 g/mol. The Bertz CT molecular complexity index is 806. The minimum Gasteiger partial charge on any atom is -0.477 e. The monoisotopic (exact) mass is 308 g/mol. The van der Waals surface area contributed by atoms with Crippen molar-refractivity contribution in [2.24, 2.45) is 7.05 Å². The number of hydrogen-bond donors (Lipinski definition) is 2. The van der Waals surface area contributed by atoms with Gasteiger partial charge < -0.3 is 9.67 Å². The molecule has 2 aromatic rings. The molecule has 0 saturated carbocycles. The van der Waals surface area contributed by atoms with E-state index in [2.05, 4.69) is 4.72 Å². The number of carbonyl (C=O) groups is 1. The van der Waals surface area contributed by atoms with E-state index in [-0.39, 0.29) is 10.6 Å². The zero-order valence-electron chi connectivity index (χ0n) is 11.9. The molecule has 0 atom stereocenters. The summed E-state index contributed by atoms with van der Waals surface area (Å²) in [6, 6.07) is 6.49. The quantitative estimate of drug-likeness (QED) is 0.905. The fraction of sp³-hybridized carbons (Fsp3) is 0.214. The van der Waals surface area contributed by atoms with Crippen molar-refractivity contribution in [1.82, 2.24) is 4.57 Å². The van der Waals surface area contributed by atoms with Crippen LogP contribution in [0.3, 0.4) is 0 Å². The van der Waals surface area contributed by atoms with Crippen molar-refractivity contribution < 1.29 is 18.3 Å². The second-order valence-electron chi connectivity index (χ2n) is 4.90. The molecule has 2 N–H and O–H groups in total. The number of aromatic nitrogens is 1. The summed E-state index contributed by atoms with van der Waals surface area (Å²) in [5.41, 5.74) is 2.22. The molecule has 0 fully saturated rings. The zero-order valence-corrected chi connectivity index (χ0v) is 12.7. The topological polar surface area (TPSA) is 88.4 Å². The largest absolute Gasteiger partial charge is 0.477 e. The molecule has 7 heteroatoms. The van der Waals surface area contributed by atoms with Gasteiger partial charge in [0.2, 0.25) is 0 Å². The van der Waals surface area contributed by atoms with Crippen LogP contribution in [0.1, 0.15) is 21.6 Å². The van der Waals surface area contributed by atoms with Crippen LogP contribution in [0.2, 0.25) is 0 Å². The van der Waals surface area contributed by atoms with E-state index in [1.807, 2.05) is 13.0 Å². The molecule has 0 amide bonds. The first-order valence-corrected chi connectivity index (χ1v) is 7.69. The first kappa shape index (κ1) is 15.1. The molecule has 112 valence electrons. The summed E-state index contributed by atoms with van der Waals surface area (Å²) >= 11 is 0. The van der Waals surface area contributed by atoms with E-state index in [9.17, 15) is 13.2 Å². The smallest absolute Gasteiger partial charge is 0.352 e. The summed E-state index contributed by atoms with van der Waals surface area (Å²) in [5.74, 6) is -1.18. The molecule has 0 spiro atoms. The lowest BCUT2D eigenvalue weighted by Gasteiger charge is -2.10. The van der Waals surface area contributed by atoms with Gasteiger partial charge >= 0.3 is 5.97 Å². The molecule has 0 unspecified atom stereocenters. The summed E-state index contributed by atoms with van der Waals surface area (Å²) in [6.07, 6.45) is 1.27. The molecule has 1 aromatic heterocycles. The summed E-state index contributed by atoms with van der Waals surface area (Å²) in [4.78, 5) is 10.9. The van der Waals surface area contributed by atoms with Crippen LogP contribution in [0, 0.1) is 13.8 Å². The number of hydrogen-bond acceptors (Lipinski definition) is 3. The Labute approximate surface area is 123 Å². The zero-order chi connectivity index (χ0) is 15.8. The van der Waals surface area contributed by atoms with Crippen molar-refractivity contribution in [1.29, 1.82) is 0 Å². The number of carboxylic acid groups (broad SMARTS) is 1. The number of aromatic carboxylic acids is 1. The van der Waals surface area contributed by atoms with Crippen LogP contribution in [0.4, 0.5) is 5.69 Å². The normalized spacial score (nSPS) is 11.4. The lowest BCUT2D eigenvalue weighted by Crippen LogP contribution is -2.13. The first-order chi connectivity index (χ1) is 9.70. The molecule has 2 rings (SSSR count). The average Bonchev–Trinajstić information content (AvgIpc) is 2.76. The van der Waals surface area contributed by atoms with Crippen molar-refractivity contribution >= 4 is 21.7 Å². The van der Waals surface area contributed by atoms with E-state index < -0.39 is 16.0 Å². The highest BCUT2D eigenvalue weighted by Crippen LogP contribution is 2.21. The van der Waals surface area contributed by atoms with Crippen molar-refractivity contribution in [2.75, 3.05) is 4.72 Å². The van der Waals surface area contributed by atoms with Gasteiger partial charge in [0.25, 0.3) is 10.0 Å². The number of aryl methyl sites for hydroxylation is 3. The standard InChI is InChI=1S/C14H16N2O4S/c1-9-4-5-12(10(2)6-9)15-21(19,20)11-7-13(14(17)18)16(3)8-11/h4-8,15H,1-3H3,(H,17,18). The van der Waals surface area contributed by atoms with Crippen LogP contribution < -0.4 is 4.72 Å². The predicted molar refractivity (Wildman–Crippen MR) is 79.1 cm³/mol. The van der Waals surface area contributed by atoms with Crippen LogP contribution in [-0.4, -0.2) is 24.1 Å². The molecule has 0 aliphatic carbocycles. The summed E-state index contributed by atoms with van der Waals surface area (Å²) in [7, 11) is -2.33. The van der Waals surface area contributed by atoms with E-state index in [4.69, 9.17) is 5.11 Å². The molecule has 1 aromatic carbocycles. The Morgan fingerprint density at radius 3 is 2.43 bits per heavy atom. The molecule has 0 radical (unpaired) electrons. The third-order valence-electron chi connectivity index (χ3n) is 3.14. The fourth-order valence-electron chi connectivity index (χ4n) is 2.03. The van der Waals surface area contributed by atoms with Gasteiger partial charge in [0.15, 0.2) is 0 Å². The predicted octanol–water partition coefficient (Wildman–Crippen LogP) is 2.14. The molecular formula is C14H16N2O4S. The first-order valence-electron chi connectivity index (χ1n) is 6.20. The highest BCUT2D eigenvalue weighted by Gasteiger charge is 2.20. The molecule has 0 aliphatic rings. The molecule has 6 nitrogen and oxygen atoms in total. The minimum absolute atomic E-state index is 0.0811. The Morgan fingerprint density at radius 2 is 1.90 bits per heavy atom. The molecule has 0 aliphatic heterocycles. The Kier molecular flexibility index (Phi) is 3.78. The van der Waals surface area contributed by atoms with Gasteiger partial charge in [-0.3, -0.25) is 4.72 Å². The fourth-order valence-corrected chi connectivity index (χ4v) is 3.23. The molecule has 21 heavy (non-hydrogen) atoms. The third-order valence-corrected chi connectivity index (χ3v) is 4.47. The SMILES string of the molecule is Cc1ccc(NS(=O)(=O)c2cc(C(=O)O)n(C)c2)c(C)c1. The van der Waals surface area contributed by atoms with Gasteiger partial charge in [-0.2, -0.15) is 0 Å². The van der Waals surface area contributed by atoms with Gasteiger partial charge in [-0.15, -0.1) is 0 Å². The maximum atomic E-state index is 12.3. The van der Waals surface area contributed by atoms with Gasteiger partial charge in [-0.05, 0) is 31.5 Å². The number of nitrogens with zero attached hydrogens (tertiary/aromatic N) is 1. The minimum atomic E-state index is -3.82. The maximum Gasteiger partial charge on any atom is 0.352 e. The number of anilines is 1. The van der Waals surface area contributed by atoms with Crippen molar-refractivity contribution in [3.63, 3.8) is 0 Å². The summed E-state index contributed by atoms with van der Waals surface area (Å²) in [6.45, 7) is 3.72. The Hall–Kier alpha value is -2.28. The van der Waals surface area contributed by atoms with E-state index in [1.54, 1.807) is 19.1 Å². The molecule has 1 heterocycles. The van der Waals surface area contributed by atoms with Gasteiger partial charge in [-0.1, -0.05) is 17.7 Å². The van der Waals surface area contributed by atoms with Crippen LogP contribution in [-0.2, 0) is 17.1 Å². The lowest BCUT2D eigenvalue weighted by atomic mass is 10.1.